The molecule has 0 aromatic carbocycles. The van der Waals surface area contributed by atoms with Gasteiger partial charge in [-0.1, -0.05) is 13.8 Å². The normalized spacial score (nSPS) is 11.9. The van der Waals surface area contributed by atoms with Crippen molar-refractivity contribution in [3.63, 3.8) is 0 Å². The maximum absolute atomic E-state index is 5.63. The van der Waals surface area contributed by atoms with Gasteiger partial charge in [-0.2, -0.15) is 5.10 Å². The van der Waals surface area contributed by atoms with E-state index in [0.29, 0.717) is 12.0 Å². The second-order valence-corrected chi connectivity index (χ2v) is 5.02. The van der Waals surface area contributed by atoms with Gasteiger partial charge in [0.05, 0.1) is 18.4 Å². The summed E-state index contributed by atoms with van der Waals surface area (Å²) < 4.78 is 1.91. The highest BCUT2D eigenvalue weighted by Gasteiger charge is 2.11. The number of nitrogens with two attached hydrogens (primary N) is 1. The summed E-state index contributed by atoms with van der Waals surface area (Å²) in [7, 11) is 0. The number of hydrogen-bond donors (Lipinski definition) is 1. The molecule has 0 aliphatic rings. The van der Waals surface area contributed by atoms with Crippen molar-refractivity contribution in [3.05, 3.63) is 12.4 Å². The van der Waals surface area contributed by atoms with E-state index in [9.17, 15) is 0 Å². The summed E-state index contributed by atoms with van der Waals surface area (Å²) in [6.07, 6.45) is 3.58. The van der Waals surface area contributed by atoms with E-state index in [1.165, 1.54) is 0 Å². The lowest BCUT2D eigenvalue weighted by atomic mass is 10.2. The van der Waals surface area contributed by atoms with E-state index in [1.54, 1.807) is 6.20 Å². The van der Waals surface area contributed by atoms with Gasteiger partial charge < -0.3 is 5.73 Å². The summed E-state index contributed by atoms with van der Waals surface area (Å²) in [5, 5.41) is 4.19. The average molecular weight is 224 g/mol. The molecule has 0 fully saturated rings. The molecule has 4 nitrogen and oxygen atoms in total. The van der Waals surface area contributed by atoms with Gasteiger partial charge in [-0.3, -0.25) is 9.58 Å². The van der Waals surface area contributed by atoms with Crippen LogP contribution in [-0.2, 0) is 6.54 Å². The van der Waals surface area contributed by atoms with Gasteiger partial charge in [0.25, 0.3) is 0 Å². The Bertz CT molecular complexity index is 304. The van der Waals surface area contributed by atoms with Gasteiger partial charge >= 0.3 is 0 Å². The number of aromatic nitrogens is 2. The van der Waals surface area contributed by atoms with Gasteiger partial charge in [0.15, 0.2) is 0 Å². The minimum atomic E-state index is 0.579. The third-order valence-corrected chi connectivity index (χ3v) is 2.60. The van der Waals surface area contributed by atoms with Crippen molar-refractivity contribution in [1.82, 2.24) is 14.7 Å². The molecule has 0 saturated heterocycles. The standard InChI is InChI=1S/C12H24N4/c1-10(2)8-15(11(3)4)5-6-16-9-12(13)7-14-16/h7,9-11H,5-6,8,13H2,1-4H3. The van der Waals surface area contributed by atoms with Crippen molar-refractivity contribution in [2.24, 2.45) is 5.92 Å². The number of rotatable bonds is 6. The lowest BCUT2D eigenvalue weighted by Gasteiger charge is -2.28. The van der Waals surface area contributed by atoms with Crippen molar-refractivity contribution in [2.45, 2.75) is 40.3 Å². The van der Waals surface area contributed by atoms with E-state index in [1.807, 2.05) is 10.9 Å². The number of anilines is 1. The van der Waals surface area contributed by atoms with E-state index >= 15 is 0 Å². The molecule has 0 aliphatic heterocycles. The van der Waals surface area contributed by atoms with Crippen LogP contribution in [0.1, 0.15) is 27.7 Å². The average Bonchev–Trinajstić information content (AvgIpc) is 2.58. The van der Waals surface area contributed by atoms with E-state index in [4.69, 9.17) is 5.73 Å². The number of nitrogens with zero attached hydrogens (tertiary/aromatic N) is 3. The fraction of sp³-hybridized carbons (Fsp3) is 0.750. The molecule has 1 aromatic rings. The summed E-state index contributed by atoms with van der Waals surface area (Å²) in [6.45, 7) is 12.0. The molecule has 2 N–H and O–H groups in total. The fourth-order valence-corrected chi connectivity index (χ4v) is 1.76. The molecule has 0 unspecified atom stereocenters. The van der Waals surface area contributed by atoms with Crippen LogP contribution >= 0.6 is 0 Å². The van der Waals surface area contributed by atoms with Crippen LogP contribution in [0.15, 0.2) is 12.4 Å². The molecule has 1 rings (SSSR count). The third kappa shape index (κ3) is 4.23. The van der Waals surface area contributed by atoms with E-state index in [0.717, 1.165) is 25.3 Å². The molecule has 0 spiro atoms. The van der Waals surface area contributed by atoms with Gasteiger partial charge in [-0.15, -0.1) is 0 Å². The Morgan fingerprint density at radius 3 is 2.50 bits per heavy atom. The quantitative estimate of drug-likeness (QED) is 0.802. The zero-order chi connectivity index (χ0) is 12.1. The zero-order valence-electron chi connectivity index (χ0n) is 10.8. The van der Waals surface area contributed by atoms with Gasteiger partial charge in [0.1, 0.15) is 0 Å². The molecule has 0 atom stereocenters. The Hall–Kier alpha value is -1.03. The van der Waals surface area contributed by atoms with E-state index < -0.39 is 0 Å². The summed E-state index contributed by atoms with van der Waals surface area (Å²) in [5.74, 6) is 0.699. The van der Waals surface area contributed by atoms with Gasteiger partial charge in [-0.05, 0) is 19.8 Å². The first-order valence-electron chi connectivity index (χ1n) is 6.01. The van der Waals surface area contributed by atoms with E-state index in [2.05, 4.69) is 37.7 Å². The number of nitrogen functional groups attached to an aromatic ring is 1. The van der Waals surface area contributed by atoms with Crippen molar-refractivity contribution in [3.8, 4) is 0 Å². The molecular formula is C12H24N4. The maximum Gasteiger partial charge on any atom is 0.0719 e. The molecule has 0 radical (unpaired) electrons. The summed E-state index contributed by atoms with van der Waals surface area (Å²) in [6, 6.07) is 0.579. The summed E-state index contributed by atoms with van der Waals surface area (Å²) in [5.41, 5.74) is 6.36. The highest BCUT2D eigenvalue weighted by Crippen LogP contribution is 2.05. The molecule has 1 heterocycles. The minimum absolute atomic E-state index is 0.579. The molecule has 16 heavy (non-hydrogen) atoms. The predicted octanol–water partition coefficient (Wildman–Crippen LogP) is 1.83. The second kappa shape index (κ2) is 5.89. The Morgan fingerprint density at radius 1 is 1.38 bits per heavy atom. The topological polar surface area (TPSA) is 47.1 Å². The molecule has 0 saturated carbocycles. The van der Waals surface area contributed by atoms with Crippen molar-refractivity contribution in [2.75, 3.05) is 18.8 Å². The van der Waals surface area contributed by atoms with Crippen LogP contribution in [0.3, 0.4) is 0 Å². The molecule has 92 valence electrons. The van der Waals surface area contributed by atoms with Crippen LogP contribution in [0.5, 0.6) is 0 Å². The molecule has 0 bridgehead atoms. The fourth-order valence-electron chi connectivity index (χ4n) is 1.76. The SMILES string of the molecule is CC(C)CN(CCn1cc(N)cn1)C(C)C. The predicted molar refractivity (Wildman–Crippen MR) is 68.2 cm³/mol. The van der Waals surface area contributed by atoms with Crippen molar-refractivity contribution >= 4 is 5.69 Å². The first kappa shape index (κ1) is 13.0. The first-order chi connectivity index (χ1) is 7.49. The van der Waals surface area contributed by atoms with Crippen LogP contribution in [-0.4, -0.2) is 33.8 Å². The zero-order valence-corrected chi connectivity index (χ0v) is 10.8. The van der Waals surface area contributed by atoms with Crippen LogP contribution in [0.4, 0.5) is 5.69 Å². The highest BCUT2D eigenvalue weighted by molar-refractivity contribution is 5.30. The van der Waals surface area contributed by atoms with Crippen LogP contribution in [0.2, 0.25) is 0 Å². The Balaban J connectivity index is 2.43. The smallest absolute Gasteiger partial charge is 0.0719 e. The minimum Gasteiger partial charge on any atom is -0.396 e. The summed E-state index contributed by atoms with van der Waals surface area (Å²) in [4.78, 5) is 2.47. The van der Waals surface area contributed by atoms with Crippen LogP contribution < -0.4 is 5.73 Å². The first-order valence-corrected chi connectivity index (χ1v) is 6.01. The molecule has 1 aromatic heterocycles. The van der Waals surface area contributed by atoms with Gasteiger partial charge in [0, 0.05) is 25.3 Å². The van der Waals surface area contributed by atoms with E-state index in [-0.39, 0.29) is 0 Å². The van der Waals surface area contributed by atoms with Crippen LogP contribution in [0.25, 0.3) is 0 Å². The third-order valence-electron chi connectivity index (χ3n) is 2.60. The highest BCUT2D eigenvalue weighted by atomic mass is 15.3. The van der Waals surface area contributed by atoms with Gasteiger partial charge in [0.2, 0.25) is 0 Å². The molecule has 4 heteroatoms. The van der Waals surface area contributed by atoms with Gasteiger partial charge in [-0.25, -0.2) is 0 Å². The lowest BCUT2D eigenvalue weighted by molar-refractivity contribution is 0.188. The van der Waals surface area contributed by atoms with Crippen LogP contribution in [0, 0.1) is 5.92 Å². The lowest BCUT2D eigenvalue weighted by Crippen LogP contribution is -2.36. The second-order valence-electron chi connectivity index (χ2n) is 5.02. The molecular weight excluding hydrogens is 200 g/mol. The Labute approximate surface area is 98.4 Å². The monoisotopic (exact) mass is 224 g/mol. The largest absolute Gasteiger partial charge is 0.396 e. The number of hydrogen-bond acceptors (Lipinski definition) is 3. The Morgan fingerprint density at radius 2 is 2.06 bits per heavy atom. The Kier molecular flexibility index (Phi) is 4.80. The van der Waals surface area contributed by atoms with Crippen molar-refractivity contribution < 1.29 is 0 Å². The molecule has 0 aliphatic carbocycles. The maximum atomic E-state index is 5.63. The molecule has 0 amide bonds. The summed E-state index contributed by atoms with van der Waals surface area (Å²) >= 11 is 0. The van der Waals surface area contributed by atoms with Crippen molar-refractivity contribution in [1.29, 1.82) is 0 Å².